The Bertz CT molecular complexity index is 425. The fraction of sp³-hybridized carbons (Fsp3) is 0.700. The molecule has 0 aromatic carbocycles. The average molecular weight is 279 g/mol. The van der Waals surface area contributed by atoms with Gasteiger partial charge in [0, 0.05) is 7.11 Å². The number of methoxy groups -OCH3 is 1. The number of aromatic nitrogens is 3. The minimum atomic E-state index is -2.95. The zero-order valence-electron chi connectivity index (χ0n) is 10.5. The molecule has 108 valence electrons. The molecule has 0 saturated carbocycles. The highest BCUT2D eigenvalue weighted by Gasteiger charge is 2.28. The van der Waals surface area contributed by atoms with Crippen LogP contribution in [0.3, 0.4) is 0 Å². The van der Waals surface area contributed by atoms with Gasteiger partial charge in [-0.3, -0.25) is 0 Å². The van der Waals surface area contributed by atoms with Gasteiger partial charge in [0.1, 0.15) is 5.69 Å². The number of halogens is 2. The van der Waals surface area contributed by atoms with Crippen LogP contribution in [0.15, 0.2) is 0 Å². The van der Waals surface area contributed by atoms with Crippen LogP contribution < -0.4 is 0 Å². The van der Waals surface area contributed by atoms with Crippen molar-refractivity contribution in [3.8, 4) is 0 Å². The number of esters is 1. The SMILES string of the molecule is CCOC(=O)c1nnn(CC(O)COC)c1C(F)F. The van der Waals surface area contributed by atoms with Crippen molar-refractivity contribution in [3.05, 3.63) is 11.4 Å². The second-order valence-electron chi connectivity index (χ2n) is 3.64. The van der Waals surface area contributed by atoms with Crippen molar-refractivity contribution in [1.29, 1.82) is 0 Å². The second kappa shape index (κ2) is 7.10. The molecule has 0 aliphatic rings. The number of carbonyl (C=O) groups excluding carboxylic acids is 1. The molecule has 9 heteroatoms. The molecule has 0 saturated heterocycles. The van der Waals surface area contributed by atoms with E-state index in [0.29, 0.717) is 0 Å². The van der Waals surface area contributed by atoms with Crippen molar-refractivity contribution in [2.45, 2.75) is 26.0 Å². The molecule has 1 aromatic rings. The second-order valence-corrected chi connectivity index (χ2v) is 3.64. The first kappa shape index (κ1) is 15.4. The van der Waals surface area contributed by atoms with Crippen LogP contribution in [0, 0.1) is 0 Å². The van der Waals surface area contributed by atoms with E-state index in [1.807, 2.05) is 0 Å². The first-order chi connectivity index (χ1) is 9.01. The molecule has 0 amide bonds. The van der Waals surface area contributed by atoms with Crippen LogP contribution in [0.2, 0.25) is 0 Å². The Hall–Kier alpha value is -1.61. The number of alkyl halides is 2. The average Bonchev–Trinajstić information content (AvgIpc) is 2.73. The highest BCUT2D eigenvalue weighted by Crippen LogP contribution is 2.22. The van der Waals surface area contributed by atoms with Crippen LogP contribution in [0.1, 0.15) is 29.5 Å². The Labute approximate surface area is 108 Å². The Kier molecular flexibility index (Phi) is 5.77. The third-order valence-electron chi connectivity index (χ3n) is 2.19. The van der Waals surface area contributed by atoms with E-state index in [4.69, 9.17) is 0 Å². The van der Waals surface area contributed by atoms with Gasteiger partial charge in [0.05, 0.1) is 25.9 Å². The zero-order chi connectivity index (χ0) is 14.4. The smallest absolute Gasteiger partial charge is 0.361 e. The lowest BCUT2D eigenvalue weighted by Gasteiger charge is -2.11. The van der Waals surface area contributed by atoms with Gasteiger partial charge in [-0.15, -0.1) is 5.10 Å². The van der Waals surface area contributed by atoms with Gasteiger partial charge in [0.15, 0.2) is 5.69 Å². The van der Waals surface area contributed by atoms with Gasteiger partial charge in [-0.1, -0.05) is 5.21 Å². The number of hydrogen-bond acceptors (Lipinski definition) is 6. The molecule has 0 aliphatic heterocycles. The number of aliphatic hydroxyl groups is 1. The van der Waals surface area contributed by atoms with Gasteiger partial charge in [-0.25, -0.2) is 18.3 Å². The Balaban J connectivity index is 2.96. The van der Waals surface area contributed by atoms with E-state index < -0.39 is 29.9 Å². The van der Waals surface area contributed by atoms with Crippen molar-refractivity contribution in [2.24, 2.45) is 0 Å². The largest absolute Gasteiger partial charge is 0.461 e. The molecule has 1 N–H and O–H groups in total. The number of carbonyl (C=O) groups is 1. The summed E-state index contributed by atoms with van der Waals surface area (Å²) < 4.78 is 35.9. The predicted octanol–water partition coefficient (Wildman–Crippen LogP) is 0.400. The molecule has 0 spiro atoms. The maximum absolute atomic E-state index is 12.9. The summed E-state index contributed by atoms with van der Waals surface area (Å²) in [5.74, 6) is -0.967. The molecule has 1 aromatic heterocycles. The Morgan fingerprint density at radius 2 is 2.21 bits per heavy atom. The topological polar surface area (TPSA) is 86.5 Å². The lowest BCUT2D eigenvalue weighted by Crippen LogP contribution is -2.23. The van der Waals surface area contributed by atoms with Gasteiger partial charge >= 0.3 is 5.97 Å². The van der Waals surface area contributed by atoms with Crippen LogP contribution >= 0.6 is 0 Å². The number of aliphatic hydroxyl groups excluding tert-OH is 1. The van der Waals surface area contributed by atoms with E-state index in [9.17, 15) is 18.7 Å². The molecule has 0 radical (unpaired) electrons. The summed E-state index contributed by atoms with van der Waals surface area (Å²) in [7, 11) is 1.36. The molecule has 1 rings (SSSR count). The van der Waals surface area contributed by atoms with Crippen molar-refractivity contribution in [2.75, 3.05) is 20.3 Å². The molecule has 7 nitrogen and oxygen atoms in total. The van der Waals surface area contributed by atoms with Crippen molar-refractivity contribution in [1.82, 2.24) is 15.0 Å². The van der Waals surface area contributed by atoms with Crippen molar-refractivity contribution < 1.29 is 28.2 Å². The van der Waals surface area contributed by atoms with Gasteiger partial charge in [-0.05, 0) is 6.92 Å². The summed E-state index contributed by atoms with van der Waals surface area (Å²) >= 11 is 0. The molecule has 1 heterocycles. The van der Waals surface area contributed by atoms with Crippen molar-refractivity contribution in [3.63, 3.8) is 0 Å². The van der Waals surface area contributed by atoms with E-state index in [2.05, 4.69) is 19.8 Å². The zero-order valence-corrected chi connectivity index (χ0v) is 10.5. The first-order valence-corrected chi connectivity index (χ1v) is 5.56. The molecule has 0 fully saturated rings. The van der Waals surface area contributed by atoms with E-state index in [0.717, 1.165) is 4.68 Å². The monoisotopic (exact) mass is 279 g/mol. The van der Waals surface area contributed by atoms with E-state index in [-0.39, 0.29) is 19.8 Å². The molecule has 0 bridgehead atoms. The summed E-state index contributed by atoms with van der Waals surface area (Å²) in [6.45, 7) is 1.30. The summed E-state index contributed by atoms with van der Waals surface area (Å²) in [5.41, 5.74) is -1.21. The summed E-state index contributed by atoms with van der Waals surface area (Å²) in [4.78, 5) is 11.4. The van der Waals surface area contributed by atoms with Gasteiger partial charge < -0.3 is 14.6 Å². The molecular weight excluding hydrogens is 264 g/mol. The fourth-order valence-electron chi connectivity index (χ4n) is 1.46. The van der Waals surface area contributed by atoms with Gasteiger partial charge in [-0.2, -0.15) is 0 Å². The standard InChI is InChI=1S/C10H15F2N3O4/c1-3-19-10(17)7-8(9(11)12)15(14-13-7)4-6(16)5-18-2/h6,9,16H,3-5H2,1-2H3. The van der Waals surface area contributed by atoms with Gasteiger partial charge in [0.25, 0.3) is 6.43 Å². The number of rotatable bonds is 7. The maximum atomic E-state index is 12.9. The first-order valence-electron chi connectivity index (χ1n) is 5.56. The van der Waals surface area contributed by atoms with E-state index in [1.54, 1.807) is 6.92 Å². The number of ether oxygens (including phenoxy) is 2. The van der Waals surface area contributed by atoms with Gasteiger partial charge in [0.2, 0.25) is 0 Å². The lowest BCUT2D eigenvalue weighted by molar-refractivity contribution is 0.0454. The third-order valence-corrected chi connectivity index (χ3v) is 2.19. The molecule has 19 heavy (non-hydrogen) atoms. The van der Waals surface area contributed by atoms with E-state index >= 15 is 0 Å². The highest BCUT2D eigenvalue weighted by atomic mass is 19.3. The van der Waals surface area contributed by atoms with Crippen LogP contribution in [-0.4, -0.2) is 52.5 Å². The molecule has 0 aliphatic carbocycles. The minimum Gasteiger partial charge on any atom is -0.461 e. The molecule has 1 atom stereocenters. The summed E-state index contributed by atoms with van der Waals surface area (Å²) in [5, 5.41) is 16.3. The highest BCUT2D eigenvalue weighted by molar-refractivity contribution is 5.88. The van der Waals surface area contributed by atoms with Crippen LogP contribution in [0.25, 0.3) is 0 Å². The fourth-order valence-corrected chi connectivity index (χ4v) is 1.46. The quantitative estimate of drug-likeness (QED) is 0.727. The molecular formula is C10H15F2N3O4. The van der Waals surface area contributed by atoms with Crippen molar-refractivity contribution >= 4 is 5.97 Å². The van der Waals surface area contributed by atoms with Crippen LogP contribution in [0.4, 0.5) is 8.78 Å². The minimum absolute atomic E-state index is 0.0423. The molecule has 1 unspecified atom stereocenters. The Morgan fingerprint density at radius 3 is 2.74 bits per heavy atom. The summed E-state index contributed by atoms with van der Waals surface area (Å²) in [6, 6.07) is 0. The predicted molar refractivity (Wildman–Crippen MR) is 58.8 cm³/mol. The van der Waals surface area contributed by atoms with Crippen LogP contribution in [0.5, 0.6) is 0 Å². The number of hydrogen-bond donors (Lipinski definition) is 1. The number of nitrogens with zero attached hydrogens (tertiary/aromatic N) is 3. The lowest BCUT2D eigenvalue weighted by atomic mass is 10.3. The van der Waals surface area contributed by atoms with Crippen LogP contribution in [-0.2, 0) is 16.0 Å². The maximum Gasteiger partial charge on any atom is 0.361 e. The third kappa shape index (κ3) is 3.93. The normalized spacial score (nSPS) is 12.7. The summed E-state index contributed by atoms with van der Waals surface area (Å²) in [6.07, 6.45) is -3.98. The Morgan fingerprint density at radius 1 is 1.53 bits per heavy atom. The van der Waals surface area contributed by atoms with E-state index in [1.165, 1.54) is 7.11 Å².